The van der Waals surface area contributed by atoms with E-state index in [0.717, 1.165) is 30.3 Å². The summed E-state index contributed by atoms with van der Waals surface area (Å²) < 4.78 is 0. The number of Topliss-reactive ketones (excluding diaryl/α,β-unsaturated/α-hetero) is 1. The van der Waals surface area contributed by atoms with Crippen molar-refractivity contribution in [1.82, 2.24) is 0 Å². The zero-order valence-electron chi connectivity index (χ0n) is 7.81. The highest BCUT2D eigenvalue weighted by Gasteiger charge is 2.37. The molecule has 1 aliphatic rings. The monoisotopic (exact) mass is 166 g/mol. The lowest BCUT2D eigenvalue weighted by Gasteiger charge is -2.18. The highest BCUT2D eigenvalue weighted by molar-refractivity contribution is 5.99. The number of allylic oxidation sites excluding steroid dienone is 2. The lowest BCUT2D eigenvalue weighted by Crippen LogP contribution is -2.21. The van der Waals surface area contributed by atoms with Crippen LogP contribution in [-0.4, -0.2) is 12.1 Å². The summed E-state index contributed by atoms with van der Waals surface area (Å²) in [5, 5.41) is 0. The fourth-order valence-corrected chi connectivity index (χ4v) is 2.01. The van der Waals surface area contributed by atoms with E-state index in [1.165, 1.54) is 6.92 Å². The zero-order valence-corrected chi connectivity index (χ0v) is 7.81. The second-order valence-corrected chi connectivity index (χ2v) is 3.75. The van der Waals surface area contributed by atoms with Crippen molar-refractivity contribution in [3.05, 3.63) is 11.1 Å². The van der Waals surface area contributed by atoms with E-state index in [1.807, 2.05) is 13.8 Å². The third-order valence-electron chi connectivity index (χ3n) is 2.63. The normalized spacial score (nSPS) is 29.2. The van der Waals surface area contributed by atoms with Crippen LogP contribution in [0.15, 0.2) is 11.1 Å². The van der Waals surface area contributed by atoms with Crippen LogP contribution in [0, 0.1) is 5.41 Å². The lowest BCUT2D eigenvalue weighted by molar-refractivity contribution is -0.119. The van der Waals surface area contributed by atoms with Gasteiger partial charge in [-0.1, -0.05) is 5.57 Å². The molecule has 66 valence electrons. The topological polar surface area (TPSA) is 34.1 Å². The van der Waals surface area contributed by atoms with Crippen molar-refractivity contribution in [2.45, 2.75) is 33.6 Å². The van der Waals surface area contributed by atoms with E-state index in [2.05, 4.69) is 0 Å². The van der Waals surface area contributed by atoms with E-state index >= 15 is 0 Å². The summed E-state index contributed by atoms with van der Waals surface area (Å²) in [7, 11) is 0. The van der Waals surface area contributed by atoms with Crippen LogP contribution in [0.25, 0.3) is 0 Å². The molecule has 0 saturated heterocycles. The molecule has 0 N–H and O–H groups in total. The highest BCUT2D eigenvalue weighted by Crippen LogP contribution is 2.41. The van der Waals surface area contributed by atoms with Crippen molar-refractivity contribution in [3.8, 4) is 0 Å². The van der Waals surface area contributed by atoms with Crippen molar-refractivity contribution in [1.29, 1.82) is 0 Å². The molecule has 0 fully saturated rings. The predicted octanol–water partition coefficient (Wildman–Crippen LogP) is 1.89. The zero-order chi connectivity index (χ0) is 9.35. The molecule has 0 saturated carbocycles. The average molecular weight is 166 g/mol. The molecule has 0 amide bonds. The predicted molar refractivity (Wildman–Crippen MR) is 46.8 cm³/mol. The Morgan fingerprint density at radius 1 is 1.58 bits per heavy atom. The first-order valence-electron chi connectivity index (χ1n) is 4.19. The van der Waals surface area contributed by atoms with Crippen LogP contribution in [0.2, 0.25) is 0 Å². The van der Waals surface area contributed by atoms with E-state index in [1.54, 1.807) is 0 Å². The number of aldehydes is 1. The van der Waals surface area contributed by atoms with Gasteiger partial charge in [0.05, 0.1) is 5.41 Å². The van der Waals surface area contributed by atoms with Gasteiger partial charge in [-0.05, 0) is 33.6 Å². The molecule has 0 bridgehead atoms. The van der Waals surface area contributed by atoms with Gasteiger partial charge in [0.1, 0.15) is 6.29 Å². The van der Waals surface area contributed by atoms with Gasteiger partial charge in [-0.25, -0.2) is 0 Å². The molecule has 0 radical (unpaired) electrons. The van der Waals surface area contributed by atoms with E-state index < -0.39 is 5.41 Å². The summed E-state index contributed by atoms with van der Waals surface area (Å²) in [6.07, 6.45) is 2.57. The van der Waals surface area contributed by atoms with Gasteiger partial charge >= 0.3 is 0 Å². The van der Waals surface area contributed by atoms with Crippen molar-refractivity contribution in [2.24, 2.45) is 5.41 Å². The first-order valence-corrected chi connectivity index (χ1v) is 4.19. The summed E-state index contributed by atoms with van der Waals surface area (Å²) in [4.78, 5) is 22.0. The fourth-order valence-electron chi connectivity index (χ4n) is 2.01. The van der Waals surface area contributed by atoms with Crippen molar-refractivity contribution < 1.29 is 9.59 Å². The molecule has 0 aromatic heterocycles. The van der Waals surface area contributed by atoms with Crippen LogP contribution in [0.5, 0.6) is 0 Å². The van der Waals surface area contributed by atoms with Crippen LogP contribution in [0.3, 0.4) is 0 Å². The first-order chi connectivity index (χ1) is 5.51. The van der Waals surface area contributed by atoms with Crippen LogP contribution >= 0.6 is 0 Å². The molecular formula is C10H14O2. The van der Waals surface area contributed by atoms with Gasteiger partial charge in [0.2, 0.25) is 0 Å². The quantitative estimate of drug-likeness (QED) is 0.587. The Hall–Kier alpha value is -0.920. The summed E-state index contributed by atoms with van der Waals surface area (Å²) in [6.45, 7) is 5.31. The molecular weight excluding hydrogens is 152 g/mol. The number of carbonyl (C=O) groups excluding carboxylic acids is 2. The Morgan fingerprint density at radius 3 is 2.50 bits per heavy atom. The second kappa shape index (κ2) is 2.85. The SMILES string of the molecule is CC(=O)C1=C(C)CC[C@@]1(C)C=O. The van der Waals surface area contributed by atoms with Gasteiger partial charge in [-0.3, -0.25) is 4.79 Å². The molecule has 1 aliphatic carbocycles. The largest absolute Gasteiger partial charge is 0.302 e. The molecule has 12 heavy (non-hydrogen) atoms. The maximum absolute atomic E-state index is 11.2. The van der Waals surface area contributed by atoms with Crippen LogP contribution < -0.4 is 0 Å². The minimum Gasteiger partial charge on any atom is -0.302 e. The molecule has 2 heteroatoms. The number of rotatable bonds is 2. The number of carbonyl (C=O) groups is 2. The van der Waals surface area contributed by atoms with Crippen molar-refractivity contribution in [3.63, 3.8) is 0 Å². The van der Waals surface area contributed by atoms with Crippen LogP contribution in [-0.2, 0) is 9.59 Å². The number of hydrogen-bond donors (Lipinski definition) is 0. The second-order valence-electron chi connectivity index (χ2n) is 3.75. The van der Waals surface area contributed by atoms with E-state index in [4.69, 9.17) is 0 Å². The van der Waals surface area contributed by atoms with E-state index in [0.29, 0.717) is 0 Å². The maximum atomic E-state index is 11.2. The Kier molecular flexibility index (Phi) is 2.18. The summed E-state index contributed by atoms with van der Waals surface area (Å²) in [5.41, 5.74) is 1.31. The van der Waals surface area contributed by atoms with Gasteiger partial charge in [-0.2, -0.15) is 0 Å². The molecule has 0 unspecified atom stereocenters. The molecule has 1 rings (SSSR count). The number of hydrogen-bond acceptors (Lipinski definition) is 2. The minimum atomic E-state index is -0.504. The van der Waals surface area contributed by atoms with Gasteiger partial charge in [0.25, 0.3) is 0 Å². The molecule has 1 atom stereocenters. The van der Waals surface area contributed by atoms with Gasteiger partial charge < -0.3 is 4.79 Å². The molecule has 2 nitrogen and oxygen atoms in total. The molecule has 0 heterocycles. The summed E-state index contributed by atoms with van der Waals surface area (Å²) in [6, 6.07) is 0. The van der Waals surface area contributed by atoms with Crippen molar-refractivity contribution >= 4 is 12.1 Å². The fraction of sp³-hybridized carbons (Fsp3) is 0.600. The molecule has 0 aliphatic heterocycles. The van der Waals surface area contributed by atoms with Gasteiger partial charge in [-0.15, -0.1) is 0 Å². The standard InChI is InChI=1S/C10H14O2/c1-7-4-5-10(3,6-11)9(7)8(2)12/h6H,4-5H2,1-3H3/t10-/m0/s1. The van der Waals surface area contributed by atoms with Gasteiger partial charge in [0, 0.05) is 5.57 Å². The Balaban J connectivity index is 3.12. The van der Waals surface area contributed by atoms with Crippen molar-refractivity contribution in [2.75, 3.05) is 0 Å². The molecule has 0 aromatic rings. The minimum absolute atomic E-state index is 0.0413. The molecule has 0 spiro atoms. The van der Waals surface area contributed by atoms with Crippen LogP contribution in [0.1, 0.15) is 33.6 Å². The van der Waals surface area contributed by atoms with Gasteiger partial charge in [0.15, 0.2) is 5.78 Å². The third-order valence-corrected chi connectivity index (χ3v) is 2.63. The molecule has 0 aromatic carbocycles. The number of ketones is 1. The Labute approximate surface area is 72.7 Å². The van der Waals surface area contributed by atoms with E-state index in [9.17, 15) is 9.59 Å². The smallest absolute Gasteiger partial charge is 0.156 e. The summed E-state index contributed by atoms with van der Waals surface area (Å²) >= 11 is 0. The maximum Gasteiger partial charge on any atom is 0.156 e. The Bertz CT molecular complexity index is 263. The average Bonchev–Trinajstić information content (AvgIpc) is 2.28. The van der Waals surface area contributed by atoms with E-state index in [-0.39, 0.29) is 5.78 Å². The first kappa shape index (κ1) is 9.17. The highest BCUT2D eigenvalue weighted by atomic mass is 16.1. The Morgan fingerprint density at radius 2 is 2.17 bits per heavy atom. The lowest BCUT2D eigenvalue weighted by atomic mass is 9.83. The van der Waals surface area contributed by atoms with Crippen LogP contribution in [0.4, 0.5) is 0 Å². The third kappa shape index (κ3) is 1.22. The summed E-state index contributed by atoms with van der Waals surface area (Å²) in [5.74, 6) is 0.0413.